The number of hydrogen-bond acceptors (Lipinski definition) is 5. The van der Waals surface area contributed by atoms with Crippen LogP contribution in [0.15, 0.2) is 66.7 Å². The van der Waals surface area contributed by atoms with Gasteiger partial charge in [-0.1, -0.05) is 35.9 Å². The molecule has 8 nitrogen and oxygen atoms in total. The molecule has 2 heterocycles. The number of nitrogens with one attached hydrogen (secondary N) is 1. The van der Waals surface area contributed by atoms with Crippen LogP contribution in [0.25, 0.3) is 11.3 Å². The van der Waals surface area contributed by atoms with Crippen LogP contribution in [0.4, 0.5) is 5.69 Å². The smallest absolute Gasteiger partial charge is 0.335 e. The van der Waals surface area contributed by atoms with E-state index in [0.717, 1.165) is 22.3 Å². The zero-order chi connectivity index (χ0) is 24.7. The number of carboxylic acids is 1. The second kappa shape index (κ2) is 8.64. The minimum absolute atomic E-state index is 0.142. The standard InChI is InChI=1S/C27H23N3O5/c1-15-4-6-16(7-5-15)23-22-24(29-28-23)26(31)30(19-11-8-17(9-12-19)27(32)33)25(22)18-10-13-20(34-2)21(14-18)35-3/h4-14,25H,1-3H3,(H,28,29)(H,32,33)/t25-/m1/s1. The lowest BCUT2D eigenvalue weighted by molar-refractivity contribution is 0.0696. The molecule has 0 spiro atoms. The highest BCUT2D eigenvalue weighted by atomic mass is 16.5. The van der Waals surface area contributed by atoms with Gasteiger partial charge in [0.2, 0.25) is 0 Å². The van der Waals surface area contributed by atoms with Gasteiger partial charge in [0, 0.05) is 16.8 Å². The second-order valence-electron chi connectivity index (χ2n) is 8.27. The lowest BCUT2D eigenvalue weighted by atomic mass is 9.95. The second-order valence-corrected chi connectivity index (χ2v) is 8.27. The Morgan fingerprint density at radius 2 is 1.66 bits per heavy atom. The van der Waals surface area contributed by atoms with Crippen LogP contribution >= 0.6 is 0 Å². The van der Waals surface area contributed by atoms with Gasteiger partial charge >= 0.3 is 5.97 Å². The van der Waals surface area contributed by atoms with Crippen LogP contribution in [0.2, 0.25) is 0 Å². The van der Waals surface area contributed by atoms with E-state index < -0.39 is 12.0 Å². The van der Waals surface area contributed by atoms with Gasteiger partial charge in [0.05, 0.1) is 31.5 Å². The van der Waals surface area contributed by atoms with Crippen LogP contribution in [-0.4, -0.2) is 41.4 Å². The van der Waals surface area contributed by atoms with Crippen LogP contribution in [0.1, 0.15) is 43.6 Å². The highest BCUT2D eigenvalue weighted by Crippen LogP contribution is 2.46. The van der Waals surface area contributed by atoms with Gasteiger partial charge in [-0.2, -0.15) is 5.10 Å². The minimum atomic E-state index is -1.03. The van der Waals surface area contributed by atoms with Crippen LogP contribution in [0.5, 0.6) is 11.5 Å². The topological polar surface area (TPSA) is 105 Å². The minimum Gasteiger partial charge on any atom is -0.493 e. The Kier molecular flexibility index (Phi) is 5.49. The van der Waals surface area contributed by atoms with Crippen molar-refractivity contribution in [1.29, 1.82) is 0 Å². The number of hydrogen-bond donors (Lipinski definition) is 2. The van der Waals surface area contributed by atoms with Crippen molar-refractivity contribution in [2.24, 2.45) is 0 Å². The summed E-state index contributed by atoms with van der Waals surface area (Å²) in [6, 6.07) is 19.2. The number of ether oxygens (including phenoxy) is 2. The molecule has 0 saturated heterocycles. The van der Waals surface area contributed by atoms with Gasteiger partial charge in [-0.3, -0.25) is 14.8 Å². The van der Waals surface area contributed by atoms with Gasteiger partial charge in [0.25, 0.3) is 5.91 Å². The Hall–Kier alpha value is -4.59. The highest BCUT2D eigenvalue weighted by molar-refractivity contribution is 6.12. The number of amides is 1. The summed E-state index contributed by atoms with van der Waals surface area (Å²) in [5.41, 5.74) is 5.33. The summed E-state index contributed by atoms with van der Waals surface area (Å²) in [5, 5.41) is 16.7. The van der Waals surface area contributed by atoms with Gasteiger partial charge in [-0.25, -0.2) is 4.79 Å². The average Bonchev–Trinajstić information content (AvgIpc) is 3.43. The Bertz CT molecular complexity index is 1420. The largest absolute Gasteiger partial charge is 0.493 e. The van der Waals surface area contributed by atoms with E-state index in [4.69, 9.17) is 9.47 Å². The molecule has 1 aliphatic heterocycles. The third-order valence-corrected chi connectivity index (χ3v) is 6.21. The van der Waals surface area contributed by atoms with Crippen molar-refractivity contribution in [3.63, 3.8) is 0 Å². The number of aromatic amines is 1. The third-order valence-electron chi connectivity index (χ3n) is 6.21. The molecule has 0 radical (unpaired) electrons. The number of aromatic carboxylic acids is 1. The predicted octanol–water partition coefficient (Wildman–Crippen LogP) is 4.85. The Morgan fingerprint density at radius 1 is 0.971 bits per heavy atom. The van der Waals surface area contributed by atoms with E-state index in [2.05, 4.69) is 10.2 Å². The van der Waals surface area contributed by atoms with Crippen LogP contribution in [0.3, 0.4) is 0 Å². The van der Waals surface area contributed by atoms with E-state index in [1.54, 1.807) is 37.3 Å². The molecule has 0 saturated carbocycles. The number of fused-ring (bicyclic) bond motifs is 1. The summed E-state index contributed by atoms with van der Waals surface area (Å²) in [6.45, 7) is 2.01. The van der Waals surface area contributed by atoms with E-state index >= 15 is 0 Å². The number of H-pyrrole nitrogens is 1. The van der Waals surface area contributed by atoms with E-state index in [-0.39, 0.29) is 11.5 Å². The summed E-state index contributed by atoms with van der Waals surface area (Å²) >= 11 is 0. The summed E-state index contributed by atoms with van der Waals surface area (Å²) in [4.78, 5) is 26.7. The van der Waals surface area contributed by atoms with E-state index in [0.29, 0.717) is 28.6 Å². The number of aryl methyl sites for hydroxylation is 1. The molecule has 0 fully saturated rings. The lowest BCUT2D eigenvalue weighted by Crippen LogP contribution is -2.29. The van der Waals surface area contributed by atoms with Crippen molar-refractivity contribution in [3.05, 3.63) is 94.7 Å². The number of aromatic nitrogens is 2. The van der Waals surface area contributed by atoms with Crippen molar-refractivity contribution in [2.45, 2.75) is 13.0 Å². The van der Waals surface area contributed by atoms with Crippen molar-refractivity contribution in [3.8, 4) is 22.8 Å². The maximum absolute atomic E-state index is 13.7. The normalized spacial score (nSPS) is 14.7. The van der Waals surface area contributed by atoms with Crippen molar-refractivity contribution in [1.82, 2.24) is 10.2 Å². The molecule has 2 N–H and O–H groups in total. The molecular formula is C27H23N3O5. The molecule has 176 valence electrons. The molecule has 8 heteroatoms. The first-order valence-corrected chi connectivity index (χ1v) is 11.0. The van der Waals surface area contributed by atoms with E-state index in [9.17, 15) is 14.7 Å². The number of carboxylic acid groups (broad SMARTS) is 1. The van der Waals surface area contributed by atoms with Crippen LogP contribution < -0.4 is 14.4 Å². The predicted molar refractivity (Wildman–Crippen MR) is 130 cm³/mol. The first-order valence-electron chi connectivity index (χ1n) is 11.0. The lowest BCUT2D eigenvalue weighted by Gasteiger charge is -2.27. The summed E-state index contributed by atoms with van der Waals surface area (Å²) < 4.78 is 10.9. The van der Waals surface area contributed by atoms with Gasteiger partial charge < -0.3 is 14.6 Å². The van der Waals surface area contributed by atoms with Crippen LogP contribution in [-0.2, 0) is 0 Å². The van der Waals surface area contributed by atoms with Gasteiger partial charge in [0.1, 0.15) is 5.69 Å². The molecule has 1 aliphatic rings. The Labute approximate surface area is 201 Å². The number of nitrogens with zero attached hydrogens (tertiary/aromatic N) is 2. The van der Waals surface area contributed by atoms with Crippen molar-refractivity contribution >= 4 is 17.6 Å². The molecular weight excluding hydrogens is 446 g/mol. The summed E-state index contributed by atoms with van der Waals surface area (Å²) in [5.74, 6) is -0.179. The number of carbonyl (C=O) groups is 2. The molecule has 3 aromatic carbocycles. The van der Waals surface area contributed by atoms with Gasteiger partial charge in [-0.15, -0.1) is 0 Å². The molecule has 1 aromatic heterocycles. The van der Waals surface area contributed by atoms with Crippen molar-refractivity contribution < 1.29 is 24.2 Å². The average molecular weight is 469 g/mol. The first kappa shape index (κ1) is 22.2. The molecule has 35 heavy (non-hydrogen) atoms. The number of rotatable bonds is 6. The zero-order valence-corrected chi connectivity index (χ0v) is 19.4. The van der Waals surface area contributed by atoms with Crippen LogP contribution in [0, 0.1) is 6.92 Å². The third kappa shape index (κ3) is 3.69. The fourth-order valence-electron chi connectivity index (χ4n) is 4.45. The fraction of sp³-hybridized carbons (Fsp3) is 0.148. The zero-order valence-electron chi connectivity index (χ0n) is 19.4. The monoisotopic (exact) mass is 469 g/mol. The molecule has 1 atom stereocenters. The quantitative estimate of drug-likeness (QED) is 0.418. The van der Waals surface area contributed by atoms with Crippen molar-refractivity contribution in [2.75, 3.05) is 19.1 Å². The van der Waals surface area contributed by atoms with E-state index in [1.165, 1.54) is 12.1 Å². The molecule has 1 amide bonds. The number of methoxy groups -OCH3 is 2. The number of benzene rings is 3. The SMILES string of the molecule is COc1ccc([C@@H]2c3c(-c4ccc(C)cc4)n[nH]c3C(=O)N2c2ccc(C(=O)O)cc2)cc1OC. The maximum atomic E-state index is 13.7. The summed E-state index contributed by atoms with van der Waals surface area (Å²) in [7, 11) is 3.13. The Morgan fingerprint density at radius 3 is 2.29 bits per heavy atom. The first-order chi connectivity index (χ1) is 16.9. The highest BCUT2D eigenvalue weighted by Gasteiger charge is 2.43. The van der Waals surface area contributed by atoms with E-state index in [1.807, 2.05) is 43.3 Å². The number of anilines is 1. The fourth-order valence-corrected chi connectivity index (χ4v) is 4.45. The molecule has 0 aliphatic carbocycles. The molecule has 0 bridgehead atoms. The molecule has 0 unspecified atom stereocenters. The Balaban J connectivity index is 1.70. The van der Waals surface area contributed by atoms with Gasteiger partial charge in [-0.05, 0) is 48.9 Å². The molecule has 4 aromatic rings. The van der Waals surface area contributed by atoms with Gasteiger partial charge in [0.15, 0.2) is 11.5 Å². The molecule has 5 rings (SSSR count). The maximum Gasteiger partial charge on any atom is 0.335 e. The number of carbonyl (C=O) groups excluding carboxylic acids is 1. The summed E-state index contributed by atoms with van der Waals surface area (Å²) in [6.07, 6.45) is 0.